The van der Waals surface area contributed by atoms with Crippen LogP contribution in [-0.4, -0.2) is 19.0 Å². The van der Waals surface area contributed by atoms with Crippen LogP contribution in [0.4, 0.5) is 4.39 Å². The van der Waals surface area contributed by atoms with Crippen LogP contribution in [0.3, 0.4) is 0 Å². The van der Waals surface area contributed by atoms with E-state index in [1.165, 1.54) is 37.1 Å². The second-order valence-corrected chi connectivity index (χ2v) is 3.89. The van der Waals surface area contributed by atoms with Crippen LogP contribution in [0.5, 0.6) is 0 Å². The van der Waals surface area contributed by atoms with Gasteiger partial charge in [-0.15, -0.1) is 0 Å². The van der Waals surface area contributed by atoms with Gasteiger partial charge in [-0.05, 0) is 43.0 Å². The molecule has 2 nitrogen and oxygen atoms in total. The minimum Gasteiger partial charge on any atom is -0.373 e. The van der Waals surface area contributed by atoms with E-state index in [-0.39, 0.29) is 18.2 Å². The lowest BCUT2D eigenvalue weighted by Gasteiger charge is -2.02. The highest BCUT2D eigenvalue weighted by Crippen LogP contribution is 2.28. The Hall–Kier alpha value is -1.22. The summed E-state index contributed by atoms with van der Waals surface area (Å²) in [6.45, 7) is 0.773. The van der Waals surface area contributed by atoms with E-state index in [0.717, 1.165) is 0 Å². The van der Waals surface area contributed by atoms with Gasteiger partial charge in [0.05, 0.1) is 6.61 Å². The lowest BCUT2D eigenvalue weighted by molar-refractivity contribution is 0.0740. The van der Waals surface area contributed by atoms with Crippen LogP contribution < -0.4 is 0 Å². The van der Waals surface area contributed by atoms with Gasteiger partial charge in [0, 0.05) is 5.56 Å². The van der Waals surface area contributed by atoms with Crippen LogP contribution in [-0.2, 0) is 4.74 Å². The Balaban J connectivity index is 1.81. The molecule has 0 bridgehead atoms. The van der Waals surface area contributed by atoms with E-state index in [2.05, 4.69) is 0 Å². The molecule has 3 heteroatoms. The molecule has 1 aliphatic carbocycles. The van der Waals surface area contributed by atoms with Crippen molar-refractivity contribution in [2.24, 2.45) is 5.92 Å². The number of hydrogen-bond acceptors (Lipinski definition) is 2. The Bertz CT molecular complexity index is 341. The second-order valence-electron chi connectivity index (χ2n) is 3.89. The molecular formula is C12H13FO2. The molecular weight excluding hydrogens is 195 g/mol. The predicted molar refractivity (Wildman–Crippen MR) is 54.3 cm³/mol. The molecule has 1 saturated carbocycles. The van der Waals surface area contributed by atoms with Crippen LogP contribution >= 0.6 is 0 Å². The Labute approximate surface area is 88.1 Å². The number of carbonyl (C=O) groups excluding carboxylic acids is 1. The van der Waals surface area contributed by atoms with Gasteiger partial charge in [-0.25, -0.2) is 4.39 Å². The van der Waals surface area contributed by atoms with E-state index < -0.39 is 0 Å². The zero-order valence-corrected chi connectivity index (χ0v) is 8.41. The highest BCUT2D eigenvalue weighted by Gasteiger charge is 2.21. The number of carbonyl (C=O) groups is 1. The Kier molecular flexibility index (Phi) is 3.11. The predicted octanol–water partition coefficient (Wildman–Crippen LogP) is 2.44. The number of benzene rings is 1. The molecule has 1 fully saturated rings. The quantitative estimate of drug-likeness (QED) is 0.695. The van der Waals surface area contributed by atoms with Crippen molar-refractivity contribution in [2.45, 2.75) is 12.8 Å². The Morgan fingerprint density at radius 2 is 2.00 bits per heavy atom. The zero-order valence-electron chi connectivity index (χ0n) is 8.41. The Morgan fingerprint density at radius 3 is 2.60 bits per heavy atom. The summed E-state index contributed by atoms with van der Waals surface area (Å²) >= 11 is 0. The summed E-state index contributed by atoms with van der Waals surface area (Å²) in [5.74, 6) is 0.243. The van der Waals surface area contributed by atoms with Gasteiger partial charge >= 0.3 is 0 Å². The maximum atomic E-state index is 12.6. The molecule has 0 spiro atoms. The van der Waals surface area contributed by atoms with Gasteiger partial charge in [-0.3, -0.25) is 4.79 Å². The molecule has 0 unspecified atom stereocenters. The fraction of sp³-hybridized carbons (Fsp3) is 0.417. The SMILES string of the molecule is O=C(COCC1CC1)c1ccc(F)cc1. The van der Waals surface area contributed by atoms with Crippen molar-refractivity contribution in [1.29, 1.82) is 0 Å². The van der Waals surface area contributed by atoms with Crippen LogP contribution in [0.15, 0.2) is 24.3 Å². The molecule has 1 aromatic rings. The molecule has 80 valence electrons. The van der Waals surface area contributed by atoms with E-state index in [9.17, 15) is 9.18 Å². The summed E-state index contributed by atoms with van der Waals surface area (Å²) in [5, 5.41) is 0. The third-order valence-corrected chi connectivity index (χ3v) is 2.45. The number of rotatable bonds is 5. The van der Waals surface area contributed by atoms with Crippen molar-refractivity contribution >= 4 is 5.78 Å². The van der Waals surface area contributed by atoms with Gasteiger partial charge in [0.15, 0.2) is 5.78 Å². The number of halogens is 1. The fourth-order valence-corrected chi connectivity index (χ4v) is 1.32. The zero-order chi connectivity index (χ0) is 10.7. The highest BCUT2D eigenvalue weighted by molar-refractivity contribution is 5.97. The van der Waals surface area contributed by atoms with Crippen LogP contribution in [0.1, 0.15) is 23.2 Å². The third-order valence-electron chi connectivity index (χ3n) is 2.45. The fourth-order valence-electron chi connectivity index (χ4n) is 1.32. The van der Waals surface area contributed by atoms with Crippen LogP contribution in [0, 0.1) is 11.7 Å². The number of ketones is 1. The van der Waals surface area contributed by atoms with Gasteiger partial charge in [-0.2, -0.15) is 0 Å². The van der Waals surface area contributed by atoms with Crippen LogP contribution in [0.2, 0.25) is 0 Å². The number of ether oxygens (including phenoxy) is 1. The second kappa shape index (κ2) is 4.53. The van der Waals surface area contributed by atoms with E-state index >= 15 is 0 Å². The van der Waals surface area contributed by atoms with Crippen molar-refractivity contribution in [2.75, 3.05) is 13.2 Å². The smallest absolute Gasteiger partial charge is 0.188 e. The summed E-state index contributed by atoms with van der Waals surface area (Å²) < 4.78 is 17.8. The van der Waals surface area contributed by atoms with E-state index in [1.54, 1.807) is 0 Å². The van der Waals surface area contributed by atoms with Crippen molar-refractivity contribution in [3.8, 4) is 0 Å². The van der Waals surface area contributed by atoms with Crippen molar-refractivity contribution in [3.63, 3.8) is 0 Å². The number of Topliss-reactive ketones (excluding diaryl/α,β-unsaturated/α-hetero) is 1. The summed E-state index contributed by atoms with van der Waals surface area (Å²) in [6, 6.07) is 5.54. The molecule has 0 heterocycles. The monoisotopic (exact) mass is 208 g/mol. The molecule has 1 aromatic carbocycles. The van der Waals surface area contributed by atoms with E-state index in [1.807, 2.05) is 0 Å². The molecule has 0 saturated heterocycles. The van der Waals surface area contributed by atoms with Gasteiger partial charge in [0.25, 0.3) is 0 Å². The largest absolute Gasteiger partial charge is 0.373 e. The molecule has 0 amide bonds. The van der Waals surface area contributed by atoms with E-state index in [4.69, 9.17) is 4.74 Å². The van der Waals surface area contributed by atoms with Crippen molar-refractivity contribution in [3.05, 3.63) is 35.6 Å². The summed E-state index contributed by atoms with van der Waals surface area (Å²) in [4.78, 5) is 11.5. The average Bonchev–Trinajstić information content (AvgIpc) is 3.02. The molecule has 0 aliphatic heterocycles. The molecule has 15 heavy (non-hydrogen) atoms. The highest BCUT2D eigenvalue weighted by atomic mass is 19.1. The van der Waals surface area contributed by atoms with E-state index in [0.29, 0.717) is 18.1 Å². The lowest BCUT2D eigenvalue weighted by atomic mass is 10.1. The topological polar surface area (TPSA) is 26.3 Å². The minimum atomic E-state index is -0.328. The van der Waals surface area contributed by atoms with Gasteiger partial charge < -0.3 is 4.74 Å². The Morgan fingerprint density at radius 1 is 1.33 bits per heavy atom. The molecule has 0 aromatic heterocycles. The van der Waals surface area contributed by atoms with Gasteiger partial charge in [0.2, 0.25) is 0 Å². The summed E-state index contributed by atoms with van der Waals surface area (Å²) in [6.07, 6.45) is 2.43. The molecule has 0 radical (unpaired) electrons. The van der Waals surface area contributed by atoms with Gasteiger partial charge in [-0.1, -0.05) is 0 Å². The lowest BCUT2D eigenvalue weighted by Crippen LogP contribution is -2.10. The van der Waals surface area contributed by atoms with Crippen molar-refractivity contribution in [1.82, 2.24) is 0 Å². The maximum absolute atomic E-state index is 12.6. The first kappa shape index (κ1) is 10.3. The molecule has 0 N–H and O–H groups in total. The molecule has 0 atom stereocenters. The molecule has 1 aliphatic rings. The number of hydrogen-bond donors (Lipinski definition) is 0. The first-order chi connectivity index (χ1) is 7.25. The first-order valence-electron chi connectivity index (χ1n) is 5.12. The van der Waals surface area contributed by atoms with Gasteiger partial charge in [0.1, 0.15) is 12.4 Å². The standard InChI is InChI=1S/C12H13FO2/c13-11-5-3-10(4-6-11)12(14)8-15-7-9-1-2-9/h3-6,9H,1-2,7-8H2. The maximum Gasteiger partial charge on any atom is 0.188 e. The first-order valence-corrected chi connectivity index (χ1v) is 5.12. The minimum absolute atomic E-state index is 0.0874. The van der Waals surface area contributed by atoms with Crippen LogP contribution in [0.25, 0.3) is 0 Å². The normalized spacial score (nSPS) is 15.3. The molecule has 2 rings (SSSR count). The van der Waals surface area contributed by atoms with Crippen molar-refractivity contribution < 1.29 is 13.9 Å². The summed E-state index contributed by atoms with van der Waals surface area (Å²) in [7, 11) is 0. The third kappa shape index (κ3) is 3.13. The summed E-state index contributed by atoms with van der Waals surface area (Å²) in [5.41, 5.74) is 0.507. The average molecular weight is 208 g/mol.